The second-order valence-corrected chi connectivity index (χ2v) is 6.84. The van der Waals surface area contributed by atoms with Gasteiger partial charge in [-0.15, -0.1) is 11.3 Å². The van der Waals surface area contributed by atoms with E-state index in [1.165, 1.54) is 4.88 Å². The fraction of sp³-hybridized carbons (Fsp3) is 0.500. The third-order valence-electron chi connectivity index (χ3n) is 3.61. The van der Waals surface area contributed by atoms with Gasteiger partial charge in [0.25, 0.3) is 0 Å². The van der Waals surface area contributed by atoms with Crippen LogP contribution in [0.2, 0.25) is 0 Å². The highest BCUT2D eigenvalue weighted by Crippen LogP contribution is 2.16. The lowest BCUT2D eigenvalue weighted by atomic mass is 10.1. The second kappa shape index (κ2) is 7.45. The number of aryl methyl sites for hydroxylation is 2. The topological polar surface area (TPSA) is 59.0 Å². The highest BCUT2D eigenvalue weighted by atomic mass is 32.1. The number of amides is 2. The first-order chi connectivity index (χ1) is 10.5. The van der Waals surface area contributed by atoms with Crippen molar-refractivity contribution in [1.82, 2.24) is 20.4 Å². The first kappa shape index (κ1) is 16.5. The molecule has 0 saturated heterocycles. The van der Waals surface area contributed by atoms with Crippen LogP contribution in [0.1, 0.15) is 36.0 Å². The molecule has 0 radical (unpaired) electrons. The molecule has 120 valence electrons. The Morgan fingerprint density at radius 3 is 2.82 bits per heavy atom. The zero-order valence-corrected chi connectivity index (χ0v) is 14.4. The molecule has 5 nitrogen and oxygen atoms in total. The lowest BCUT2D eigenvalue weighted by molar-refractivity contribution is 0.236. The molecule has 2 atom stereocenters. The highest BCUT2D eigenvalue weighted by Gasteiger charge is 2.14. The maximum absolute atomic E-state index is 12.0. The summed E-state index contributed by atoms with van der Waals surface area (Å²) in [7, 11) is 1.88. The molecule has 22 heavy (non-hydrogen) atoms. The van der Waals surface area contributed by atoms with E-state index in [1.807, 2.05) is 27.1 Å². The molecule has 0 aromatic carbocycles. The number of urea groups is 1. The van der Waals surface area contributed by atoms with Crippen LogP contribution < -0.4 is 10.6 Å². The summed E-state index contributed by atoms with van der Waals surface area (Å²) in [6.45, 7) is 6.74. The summed E-state index contributed by atoms with van der Waals surface area (Å²) in [5.74, 6) is 0.417. The number of nitrogens with zero attached hydrogens (tertiary/aromatic N) is 2. The van der Waals surface area contributed by atoms with Gasteiger partial charge >= 0.3 is 6.03 Å². The van der Waals surface area contributed by atoms with E-state index in [9.17, 15) is 4.79 Å². The molecule has 0 aliphatic heterocycles. The van der Waals surface area contributed by atoms with Crippen LogP contribution in [0.3, 0.4) is 0 Å². The summed E-state index contributed by atoms with van der Waals surface area (Å²) >= 11 is 1.76. The van der Waals surface area contributed by atoms with Gasteiger partial charge in [0.2, 0.25) is 0 Å². The van der Waals surface area contributed by atoms with Gasteiger partial charge in [0.05, 0.1) is 11.7 Å². The molecule has 0 spiro atoms. The Hall–Kier alpha value is -1.82. The number of carbonyl (C=O) groups excluding carboxylic acids is 1. The minimum Gasteiger partial charge on any atom is -0.338 e. The van der Waals surface area contributed by atoms with Gasteiger partial charge in [-0.1, -0.05) is 13.0 Å². The Morgan fingerprint density at radius 1 is 1.45 bits per heavy atom. The SMILES string of the molecule is Cc1nn(C)cc1C(C)NC(=O)NCC(C)Cc1cccs1. The molecule has 2 rings (SSSR count). The van der Waals surface area contributed by atoms with E-state index in [1.54, 1.807) is 16.0 Å². The Labute approximate surface area is 135 Å². The van der Waals surface area contributed by atoms with E-state index in [2.05, 4.69) is 40.2 Å². The molecule has 0 saturated carbocycles. The largest absolute Gasteiger partial charge is 0.338 e. The summed E-state index contributed by atoms with van der Waals surface area (Å²) in [6.07, 6.45) is 2.94. The van der Waals surface area contributed by atoms with Crippen LogP contribution in [0.4, 0.5) is 4.79 Å². The number of thiophene rings is 1. The zero-order valence-electron chi connectivity index (χ0n) is 13.6. The Balaban J connectivity index is 1.76. The molecule has 2 heterocycles. The van der Waals surface area contributed by atoms with Crippen molar-refractivity contribution in [2.75, 3.05) is 6.54 Å². The minimum absolute atomic E-state index is 0.0543. The van der Waals surface area contributed by atoms with Gasteiger partial charge in [-0.3, -0.25) is 4.68 Å². The molecule has 6 heteroatoms. The van der Waals surface area contributed by atoms with Crippen LogP contribution in [0.25, 0.3) is 0 Å². The number of nitrogens with one attached hydrogen (secondary N) is 2. The minimum atomic E-state index is -0.131. The fourth-order valence-corrected chi connectivity index (χ4v) is 3.35. The van der Waals surface area contributed by atoms with Crippen LogP contribution in [-0.4, -0.2) is 22.4 Å². The fourth-order valence-electron chi connectivity index (χ4n) is 2.48. The molecule has 0 aliphatic rings. The van der Waals surface area contributed by atoms with Crippen molar-refractivity contribution in [2.24, 2.45) is 13.0 Å². The van der Waals surface area contributed by atoms with Crippen molar-refractivity contribution in [3.63, 3.8) is 0 Å². The third-order valence-corrected chi connectivity index (χ3v) is 4.51. The third kappa shape index (κ3) is 4.59. The first-order valence-electron chi connectivity index (χ1n) is 7.52. The normalized spacial score (nSPS) is 13.6. The van der Waals surface area contributed by atoms with E-state index in [-0.39, 0.29) is 12.1 Å². The van der Waals surface area contributed by atoms with Crippen molar-refractivity contribution in [3.05, 3.63) is 39.8 Å². The second-order valence-electron chi connectivity index (χ2n) is 5.81. The van der Waals surface area contributed by atoms with Crippen molar-refractivity contribution in [3.8, 4) is 0 Å². The van der Waals surface area contributed by atoms with Crippen LogP contribution in [0, 0.1) is 12.8 Å². The molecular formula is C16H24N4OS. The molecule has 0 fully saturated rings. The molecule has 2 N–H and O–H groups in total. The predicted molar refractivity (Wildman–Crippen MR) is 90.1 cm³/mol. The standard InChI is InChI=1S/C16H24N4OS/c1-11(8-14-6-5-7-22-14)9-17-16(21)18-12(2)15-10-20(4)19-13(15)3/h5-7,10-12H,8-9H2,1-4H3,(H2,17,18,21). The maximum Gasteiger partial charge on any atom is 0.315 e. The average Bonchev–Trinajstić information content (AvgIpc) is 3.06. The summed E-state index contributed by atoms with van der Waals surface area (Å²) in [6, 6.07) is 4.01. The first-order valence-corrected chi connectivity index (χ1v) is 8.40. The van der Waals surface area contributed by atoms with E-state index >= 15 is 0 Å². The Kier molecular flexibility index (Phi) is 5.60. The van der Waals surface area contributed by atoms with Gasteiger partial charge < -0.3 is 10.6 Å². The van der Waals surface area contributed by atoms with Crippen molar-refractivity contribution >= 4 is 17.4 Å². The van der Waals surface area contributed by atoms with Crippen LogP contribution in [0.15, 0.2) is 23.7 Å². The van der Waals surface area contributed by atoms with Crippen molar-refractivity contribution in [1.29, 1.82) is 0 Å². The molecule has 0 aliphatic carbocycles. The van der Waals surface area contributed by atoms with Crippen LogP contribution in [0.5, 0.6) is 0 Å². The van der Waals surface area contributed by atoms with Gasteiger partial charge in [0.1, 0.15) is 0 Å². The summed E-state index contributed by atoms with van der Waals surface area (Å²) in [5.41, 5.74) is 1.99. The monoisotopic (exact) mass is 320 g/mol. The lowest BCUT2D eigenvalue weighted by Gasteiger charge is -2.16. The number of aromatic nitrogens is 2. The molecule has 0 bridgehead atoms. The highest BCUT2D eigenvalue weighted by molar-refractivity contribution is 7.09. The van der Waals surface area contributed by atoms with Crippen LogP contribution in [-0.2, 0) is 13.5 Å². The zero-order chi connectivity index (χ0) is 16.1. The smallest absolute Gasteiger partial charge is 0.315 e. The number of hydrogen-bond acceptors (Lipinski definition) is 3. The number of rotatable bonds is 6. The summed E-state index contributed by atoms with van der Waals surface area (Å²) in [4.78, 5) is 13.4. The molecule has 2 aromatic rings. The van der Waals surface area contributed by atoms with E-state index in [4.69, 9.17) is 0 Å². The van der Waals surface area contributed by atoms with E-state index in [0.29, 0.717) is 12.5 Å². The molecule has 2 unspecified atom stereocenters. The lowest BCUT2D eigenvalue weighted by Crippen LogP contribution is -2.39. The van der Waals surface area contributed by atoms with Crippen molar-refractivity contribution in [2.45, 2.75) is 33.2 Å². The van der Waals surface area contributed by atoms with Gasteiger partial charge in [-0.25, -0.2) is 4.79 Å². The predicted octanol–water partition coefficient (Wildman–Crippen LogP) is 3.03. The molecule has 2 amide bonds. The molecular weight excluding hydrogens is 296 g/mol. The van der Waals surface area contributed by atoms with Gasteiger partial charge in [-0.2, -0.15) is 5.10 Å². The number of carbonyl (C=O) groups is 1. The molecule has 2 aromatic heterocycles. The maximum atomic E-state index is 12.0. The van der Waals surface area contributed by atoms with E-state index < -0.39 is 0 Å². The van der Waals surface area contributed by atoms with Crippen molar-refractivity contribution < 1.29 is 4.79 Å². The summed E-state index contributed by atoms with van der Waals surface area (Å²) < 4.78 is 1.77. The quantitative estimate of drug-likeness (QED) is 0.859. The van der Waals surface area contributed by atoms with E-state index in [0.717, 1.165) is 17.7 Å². The number of hydrogen-bond donors (Lipinski definition) is 2. The van der Waals surface area contributed by atoms with Gasteiger partial charge in [0.15, 0.2) is 0 Å². The Morgan fingerprint density at radius 2 is 2.23 bits per heavy atom. The summed E-state index contributed by atoms with van der Waals surface area (Å²) in [5, 5.41) is 12.3. The Bertz CT molecular complexity index is 606. The van der Waals surface area contributed by atoms with Gasteiger partial charge in [-0.05, 0) is 37.6 Å². The van der Waals surface area contributed by atoms with Gasteiger partial charge in [0, 0.05) is 30.2 Å². The van der Waals surface area contributed by atoms with Crippen LogP contribution >= 0.6 is 11.3 Å². The average molecular weight is 320 g/mol.